The van der Waals surface area contributed by atoms with E-state index in [0.29, 0.717) is 28.1 Å². The molecule has 1 N–H and O–H groups in total. The maximum absolute atomic E-state index is 13.6. The average molecular weight is 476 g/mol. The van der Waals surface area contributed by atoms with Crippen LogP contribution in [0, 0.1) is 11.8 Å². The van der Waals surface area contributed by atoms with Crippen LogP contribution in [-0.2, 0) is 16.1 Å². The lowest BCUT2D eigenvalue weighted by Crippen LogP contribution is -2.46. The molecule has 0 aliphatic carbocycles. The summed E-state index contributed by atoms with van der Waals surface area (Å²) in [6, 6.07) is 12.5. The minimum absolute atomic E-state index is 0.221. The number of para-hydroxylation sites is 1. The van der Waals surface area contributed by atoms with Gasteiger partial charge in [-0.15, -0.1) is 0 Å². The fraction of sp³-hybridized carbons (Fsp3) is 0.308. The fourth-order valence-corrected chi connectivity index (χ4v) is 5.51. The van der Waals surface area contributed by atoms with Gasteiger partial charge in [-0.1, -0.05) is 18.2 Å². The summed E-state index contributed by atoms with van der Waals surface area (Å²) in [5.74, 6) is -1.37. The van der Waals surface area contributed by atoms with Gasteiger partial charge in [0.2, 0.25) is 0 Å². The zero-order chi connectivity index (χ0) is 24.7. The van der Waals surface area contributed by atoms with Gasteiger partial charge in [-0.2, -0.15) is 0 Å². The molecule has 2 aromatic heterocycles. The smallest absolute Gasteiger partial charge is 0.329 e. The number of aliphatic hydroxyl groups is 1. The number of aliphatic hydroxyl groups excluding tert-OH is 1. The number of amides is 1. The topological polar surface area (TPSA) is 111 Å². The molecule has 1 aromatic carbocycles. The molecular formula is C26H25N3O6. The molecular weight excluding hydrogens is 450 g/mol. The van der Waals surface area contributed by atoms with Crippen LogP contribution in [0.3, 0.4) is 0 Å². The number of carbonyl (C=O) groups excluding carboxylic acids is 2. The van der Waals surface area contributed by atoms with Gasteiger partial charge in [0, 0.05) is 48.6 Å². The number of hydrogen-bond donors (Lipinski definition) is 1. The van der Waals surface area contributed by atoms with Crippen molar-refractivity contribution in [3.05, 3.63) is 82.5 Å². The van der Waals surface area contributed by atoms with Crippen LogP contribution in [-0.4, -0.2) is 58.3 Å². The minimum atomic E-state index is -0.981. The van der Waals surface area contributed by atoms with Gasteiger partial charge >= 0.3 is 5.97 Å². The van der Waals surface area contributed by atoms with Crippen LogP contribution in [0.25, 0.3) is 11.1 Å². The fourth-order valence-electron chi connectivity index (χ4n) is 5.51. The monoisotopic (exact) mass is 475 g/mol. The Bertz CT molecular complexity index is 1340. The summed E-state index contributed by atoms with van der Waals surface area (Å²) in [6.07, 6.45) is 2.99. The van der Waals surface area contributed by atoms with E-state index in [1.807, 2.05) is 24.3 Å². The summed E-state index contributed by atoms with van der Waals surface area (Å²) in [6.45, 7) is -0.0722. The predicted molar refractivity (Wildman–Crippen MR) is 126 cm³/mol. The number of hydrogen-bond acceptors (Lipinski definition) is 7. The highest BCUT2D eigenvalue weighted by Crippen LogP contribution is 2.50. The molecule has 1 amide bonds. The van der Waals surface area contributed by atoms with Crippen molar-refractivity contribution in [1.29, 1.82) is 0 Å². The molecule has 1 fully saturated rings. The van der Waals surface area contributed by atoms with Gasteiger partial charge in [0.1, 0.15) is 11.8 Å². The van der Waals surface area contributed by atoms with Crippen LogP contribution < -0.4 is 10.3 Å². The highest BCUT2D eigenvalue weighted by molar-refractivity contribution is 5.97. The molecule has 2 aliphatic heterocycles. The van der Waals surface area contributed by atoms with Crippen molar-refractivity contribution in [1.82, 2.24) is 14.5 Å². The zero-order valence-corrected chi connectivity index (χ0v) is 19.3. The number of nitrogens with zero attached hydrogens (tertiary/aromatic N) is 3. The van der Waals surface area contributed by atoms with Crippen molar-refractivity contribution in [3.8, 4) is 16.9 Å². The number of rotatable bonds is 5. The second-order valence-corrected chi connectivity index (χ2v) is 8.67. The normalized spacial score (nSPS) is 22.4. The molecule has 180 valence electrons. The molecule has 9 heteroatoms. The van der Waals surface area contributed by atoms with Gasteiger partial charge in [-0.25, -0.2) is 4.79 Å². The Morgan fingerprint density at radius 3 is 2.57 bits per heavy atom. The Morgan fingerprint density at radius 1 is 1.09 bits per heavy atom. The van der Waals surface area contributed by atoms with Crippen LogP contribution in [0.4, 0.5) is 0 Å². The minimum Gasteiger partial charge on any atom is -0.496 e. The number of benzene rings is 1. The predicted octanol–water partition coefficient (Wildman–Crippen LogP) is 1.90. The van der Waals surface area contributed by atoms with Crippen molar-refractivity contribution < 1.29 is 24.2 Å². The van der Waals surface area contributed by atoms with Crippen molar-refractivity contribution in [3.63, 3.8) is 0 Å². The first kappa shape index (κ1) is 22.8. The Hall–Kier alpha value is -3.98. The molecule has 2 aliphatic rings. The number of aromatic nitrogens is 2. The molecule has 0 spiro atoms. The summed E-state index contributed by atoms with van der Waals surface area (Å²) in [7, 11) is 2.81. The molecule has 0 bridgehead atoms. The lowest BCUT2D eigenvalue weighted by molar-refractivity contribution is -0.147. The molecule has 0 radical (unpaired) electrons. The number of carbonyl (C=O) groups is 2. The van der Waals surface area contributed by atoms with Gasteiger partial charge < -0.3 is 24.0 Å². The van der Waals surface area contributed by atoms with Crippen LogP contribution in [0.5, 0.6) is 5.75 Å². The Labute approximate surface area is 201 Å². The van der Waals surface area contributed by atoms with Crippen LogP contribution >= 0.6 is 0 Å². The van der Waals surface area contributed by atoms with Gasteiger partial charge in [0.05, 0.1) is 31.4 Å². The van der Waals surface area contributed by atoms with Gasteiger partial charge in [0.25, 0.3) is 11.5 Å². The standard InChI is InChI=1S/C26H25N3O6/c1-34-21-8-4-3-7-16(21)17-9-10-20-22-18(13-28(20)25(17)32)19(14-30)23(26(33)35-2)29(22)24(31)15-6-5-11-27-12-15/h3-12,18-19,22-23,30H,13-14H2,1-2H3/t18-,19-,22+,23-/m0/s1. The first-order chi connectivity index (χ1) is 17.0. The SMILES string of the molecule is COC(=O)[C@@H]1[C@@H](CO)[C@@H]2Cn3c(ccc(-c4ccccc4OC)c3=O)[C@@H]2N1C(=O)c1cccnc1. The quantitative estimate of drug-likeness (QED) is 0.561. The lowest BCUT2D eigenvalue weighted by atomic mass is 9.88. The van der Waals surface area contributed by atoms with E-state index in [0.717, 1.165) is 0 Å². The van der Waals surface area contributed by atoms with E-state index in [1.165, 1.54) is 18.2 Å². The number of ether oxygens (including phenoxy) is 2. The summed E-state index contributed by atoms with van der Waals surface area (Å²) in [4.78, 5) is 45.6. The average Bonchev–Trinajstić information content (AvgIpc) is 3.43. The molecule has 0 saturated carbocycles. The summed E-state index contributed by atoms with van der Waals surface area (Å²) >= 11 is 0. The number of pyridine rings is 2. The van der Waals surface area contributed by atoms with E-state index < -0.39 is 29.9 Å². The number of methoxy groups -OCH3 is 2. The molecule has 4 atom stereocenters. The second-order valence-electron chi connectivity index (χ2n) is 8.67. The maximum Gasteiger partial charge on any atom is 0.329 e. The first-order valence-corrected chi connectivity index (χ1v) is 11.3. The molecule has 1 saturated heterocycles. The Morgan fingerprint density at radius 2 is 1.89 bits per heavy atom. The van der Waals surface area contributed by atoms with Crippen molar-refractivity contribution in [2.24, 2.45) is 11.8 Å². The van der Waals surface area contributed by atoms with E-state index in [9.17, 15) is 19.5 Å². The maximum atomic E-state index is 13.6. The van der Waals surface area contributed by atoms with Gasteiger partial charge in [0.15, 0.2) is 0 Å². The Kier molecular flexibility index (Phi) is 5.86. The lowest BCUT2D eigenvalue weighted by Gasteiger charge is -2.30. The Balaban J connectivity index is 1.65. The number of likely N-dealkylation sites (tertiary alicyclic amines) is 1. The summed E-state index contributed by atoms with van der Waals surface area (Å²) in [5.41, 5.74) is 1.84. The van der Waals surface area contributed by atoms with Gasteiger partial charge in [-0.3, -0.25) is 14.6 Å². The second kappa shape index (κ2) is 8.99. The van der Waals surface area contributed by atoms with Gasteiger partial charge in [-0.05, 0) is 30.3 Å². The third-order valence-corrected chi connectivity index (χ3v) is 7.06. The number of fused-ring (bicyclic) bond motifs is 3. The van der Waals surface area contributed by atoms with Crippen LogP contribution in [0.2, 0.25) is 0 Å². The first-order valence-electron chi connectivity index (χ1n) is 11.3. The number of esters is 1. The van der Waals surface area contributed by atoms with Crippen LogP contribution in [0.1, 0.15) is 22.1 Å². The third kappa shape index (κ3) is 3.50. The molecule has 5 rings (SSSR count). The van der Waals surface area contributed by atoms with Crippen molar-refractivity contribution >= 4 is 11.9 Å². The molecule has 35 heavy (non-hydrogen) atoms. The largest absolute Gasteiger partial charge is 0.496 e. The van der Waals surface area contributed by atoms with E-state index in [4.69, 9.17) is 9.47 Å². The van der Waals surface area contributed by atoms with Crippen molar-refractivity contribution in [2.75, 3.05) is 20.8 Å². The van der Waals surface area contributed by atoms with E-state index in [-0.39, 0.29) is 24.6 Å². The van der Waals surface area contributed by atoms with E-state index in [1.54, 1.807) is 42.1 Å². The summed E-state index contributed by atoms with van der Waals surface area (Å²) in [5, 5.41) is 10.3. The molecule has 0 unspecified atom stereocenters. The molecule has 4 heterocycles. The van der Waals surface area contributed by atoms with E-state index in [2.05, 4.69) is 4.98 Å². The highest BCUT2D eigenvalue weighted by atomic mass is 16.5. The zero-order valence-electron chi connectivity index (χ0n) is 19.3. The third-order valence-electron chi connectivity index (χ3n) is 7.06. The highest BCUT2D eigenvalue weighted by Gasteiger charge is 2.58. The molecule has 3 aromatic rings. The van der Waals surface area contributed by atoms with Crippen molar-refractivity contribution in [2.45, 2.75) is 18.6 Å². The van der Waals surface area contributed by atoms with E-state index >= 15 is 0 Å². The molecule has 9 nitrogen and oxygen atoms in total. The van der Waals surface area contributed by atoms with Crippen LogP contribution in [0.15, 0.2) is 65.7 Å². The summed E-state index contributed by atoms with van der Waals surface area (Å²) < 4.78 is 12.1.